The molecule has 0 aromatic heterocycles. The lowest BCUT2D eigenvalue weighted by Gasteiger charge is -2.45. The average molecular weight is 630 g/mol. The van der Waals surface area contributed by atoms with Crippen LogP contribution in [0.1, 0.15) is 58.3 Å². The molecule has 1 heterocycles. The highest BCUT2D eigenvalue weighted by atomic mass is 79.9. The van der Waals surface area contributed by atoms with Gasteiger partial charge in [-0.1, -0.05) is 78.3 Å². The maximum absolute atomic E-state index is 14.0. The van der Waals surface area contributed by atoms with E-state index in [1.807, 2.05) is 48.5 Å². The molecule has 2 N–H and O–H groups in total. The number of hydrogen-bond acceptors (Lipinski definition) is 6. The van der Waals surface area contributed by atoms with E-state index in [2.05, 4.69) is 26.8 Å². The summed E-state index contributed by atoms with van der Waals surface area (Å²) >= 11 is 3.29. The third-order valence-electron chi connectivity index (χ3n) is 8.40. The Morgan fingerprint density at radius 1 is 0.786 bits per heavy atom. The highest BCUT2D eigenvalue weighted by molar-refractivity contribution is 9.10. The van der Waals surface area contributed by atoms with Crippen LogP contribution in [0.4, 0.5) is 0 Å². The molecular formula is C32H28BrN3O6. The number of rotatable bonds is 6. The van der Waals surface area contributed by atoms with Crippen LogP contribution in [0.3, 0.4) is 0 Å². The largest absolute Gasteiger partial charge is 0.454 e. The summed E-state index contributed by atoms with van der Waals surface area (Å²) in [5.41, 5.74) is 8.95. The topological polar surface area (TPSA) is 122 Å². The number of nitrogens with one attached hydrogen (secondary N) is 2. The van der Waals surface area contributed by atoms with Crippen LogP contribution < -0.4 is 10.9 Å². The molecule has 1 saturated heterocycles. The van der Waals surface area contributed by atoms with Gasteiger partial charge in [-0.3, -0.25) is 34.9 Å². The molecule has 3 aromatic rings. The lowest BCUT2D eigenvalue weighted by molar-refractivity contribution is -0.162. The minimum Gasteiger partial charge on any atom is -0.454 e. The minimum absolute atomic E-state index is 0.294. The first-order valence-corrected chi connectivity index (χ1v) is 14.5. The van der Waals surface area contributed by atoms with Gasteiger partial charge in [-0.25, -0.2) is 4.79 Å². The fourth-order valence-corrected chi connectivity index (χ4v) is 6.97. The number of ether oxygens (including phenoxy) is 1. The van der Waals surface area contributed by atoms with Gasteiger partial charge < -0.3 is 4.74 Å². The number of halogens is 1. The van der Waals surface area contributed by atoms with Crippen LogP contribution >= 0.6 is 15.9 Å². The van der Waals surface area contributed by atoms with Crippen molar-refractivity contribution in [2.75, 3.05) is 6.61 Å². The second-order valence-electron chi connectivity index (χ2n) is 11.1. The monoisotopic (exact) mass is 629 g/mol. The van der Waals surface area contributed by atoms with Gasteiger partial charge >= 0.3 is 5.97 Å². The Hall–Kier alpha value is -4.31. The Balaban J connectivity index is 1.18. The molecule has 3 aromatic carbocycles. The van der Waals surface area contributed by atoms with Crippen LogP contribution in [0, 0.1) is 17.8 Å². The standard InChI is InChI=1S/C32H28BrN3O6/c1-16(2)28(32(41)42-15-23(37)34-35-29(38)17-11-13-18(33)14-12-17)36-30(39)26-24-19-7-3-4-8-20(19)25(27(26)31(36)40)22-10-6-5-9-21(22)24/h3-14,16,24-28H,15H2,1-2H3,(H,34,37)(H,35,38)/t24?,25?,26-,27+,28-/m0/s1. The Labute approximate surface area is 250 Å². The molecule has 0 saturated carbocycles. The van der Waals surface area contributed by atoms with E-state index in [0.717, 1.165) is 31.6 Å². The molecule has 0 spiro atoms. The van der Waals surface area contributed by atoms with Crippen molar-refractivity contribution in [1.82, 2.24) is 15.8 Å². The third kappa shape index (κ3) is 4.50. The van der Waals surface area contributed by atoms with E-state index in [1.54, 1.807) is 38.1 Å². The number of imide groups is 1. The highest BCUT2D eigenvalue weighted by Crippen LogP contribution is 2.61. The van der Waals surface area contributed by atoms with Crippen LogP contribution in [0.5, 0.6) is 0 Å². The zero-order valence-corrected chi connectivity index (χ0v) is 24.5. The predicted molar refractivity (Wildman–Crippen MR) is 155 cm³/mol. The smallest absolute Gasteiger partial charge is 0.330 e. The summed E-state index contributed by atoms with van der Waals surface area (Å²) in [5.74, 6) is -5.28. The molecule has 4 aliphatic rings. The summed E-state index contributed by atoms with van der Waals surface area (Å²) in [7, 11) is 0. The molecule has 4 amide bonds. The van der Waals surface area contributed by atoms with Crippen LogP contribution in [-0.2, 0) is 23.9 Å². The second kappa shape index (κ2) is 10.8. The summed E-state index contributed by atoms with van der Waals surface area (Å²) in [6, 6.07) is 21.1. The first-order valence-electron chi connectivity index (χ1n) is 13.7. The van der Waals surface area contributed by atoms with Crippen molar-refractivity contribution in [2.45, 2.75) is 31.7 Å². The summed E-state index contributed by atoms with van der Waals surface area (Å²) in [4.78, 5) is 67.1. The van der Waals surface area contributed by atoms with E-state index in [1.165, 1.54) is 0 Å². The van der Waals surface area contributed by atoms with Gasteiger partial charge in [0.05, 0.1) is 11.8 Å². The number of hydrogen-bond donors (Lipinski definition) is 2. The van der Waals surface area contributed by atoms with Crippen LogP contribution in [0.2, 0.25) is 0 Å². The molecular weight excluding hydrogens is 602 g/mol. The number of benzene rings is 3. The summed E-state index contributed by atoms with van der Waals surface area (Å²) in [6.45, 7) is 2.75. The van der Waals surface area contributed by atoms with Crippen LogP contribution in [-0.4, -0.2) is 47.1 Å². The first-order chi connectivity index (χ1) is 20.2. The maximum Gasteiger partial charge on any atom is 0.330 e. The van der Waals surface area contributed by atoms with Gasteiger partial charge in [-0.05, 0) is 52.4 Å². The lowest BCUT2D eigenvalue weighted by Crippen LogP contribution is -2.50. The van der Waals surface area contributed by atoms with Crippen molar-refractivity contribution >= 4 is 45.5 Å². The number of hydrazine groups is 1. The Morgan fingerprint density at radius 3 is 1.71 bits per heavy atom. The van der Waals surface area contributed by atoms with E-state index in [4.69, 9.17) is 4.74 Å². The number of amides is 4. The molecule has 7 rings (SSSR count). The van der Waals surface area contributed by atoms with Crippen LogP contribution in [0.15, 0.2) is 77.3 Å². The molecule has 9 nitrogen and oxygen atoms in total. The van der Waals surface area contributed by atoms with Crippen molar-refractivity contribution in [3.8, 4) is 0 Å². The Bertz CT molecular complexity index is 1500. The van der Waals surface area contributed by atoms with E-state index >= 15 is 0 Å². The SMILES string of the molecule is CC(C)[C@@H](C(=O)OCC(=O)NNC(=O)c1ccc(Br)cc1)N1C(=O)[C@@H]2C3c4ccccc4C(c4ccccc43)[C@@H]2C1=O. The van der Waals surface area contributed by atoms with Crippen molar-refractivity contribution in [2.24, 2.45) is 17.8 Å². The van der Waals surface area contributed by atoms with Gasteiger partial charge in [-0.15, -0.1) is 0 Å². The van der Waals surface area contributed by atoms with E-state index in [9.17, 15) is 24.0 Å². The Morgan fingerprint density at radius 2 is 1.26 bits per heavy atom. The second-order valence-corrected chi connectivity index (χ2v) is 12.0. The molecule has 0 unspecified atom stereocenters. The molecule has 0 radical (unpaired) electrons. The molecule has 3 atom stereocenters. The molecule has 3 aliphatic carbocycles. The van der Waals surface area contributed by atoms with Gasteiger partial charge in [0.1, 0.15) is 6.04 Å². The number of carbonyl (C=O) groups excluding carboxylic acids is 5. The number of likely N-dealkylation sites (tertiary alicyclic amines) is 1. The fraction of sp³-hybridized carbons (Fsp3) is 0.281. The Kier molecular flexibility index (Phi) is 7.18. The third-order valence-corrected chi connectivity index (χ3v) is 8.93. The normalized spacial score (nSPS) is 22.2. The number of nitrogens with zero attached hydrogens (tertiary/aromatic N) is 1. The molecule has 1 fully saturated rings. The minimum atomic E-state index is -1.20. The molecule has 42 heavy (non-hydrogen) atoms. The molecule has 10 heteroatoms. The van der Waals surface area contributed by atoms with Gasteiger partial charge in [0.15, 0.2) is 6.61 Å². The summed E-state index contributed by atoms with van der Waals surface area (Å²) < 4.78 is 6.08. The number of esters is 1. The van der Waals surface area contributed by atoms with Gasteiger partial charge in [-0.2, -0.15) is 0 Å². The summed E-state index contributed by atoms with van der Waals surface area (Å²) in [5, 5.41) is 0. The predicted octanol–water partition coefficient (Wildman–Crippen LogP) is 3.67. The van der Waals surface area contributed by atoms with E-state index in [0.29, 0.717) is 5.56 Å². The average Bonchev–Trinajstić information content (AvgIpc) is 3.25. The van der Waals surface area contributed by atoms with Crippen molar-refractivity contribution in [3.05, 3.63) is 105 Å². The molecule has 2 bridgehead atoms. The zero-order chi connectivity index (χ0) is 29.7. The van der Waals surface area contributed by atoms with Crippen LogP contribution in [0.25, 0.3) is 0 Å². The number of carbonyl (C=O) groups is 5. The van der Waals surface area contributed by atoms with Gasteiger partial charge in [0, 0.05) is 21.9 Å². The fourth-order valence-electron chi connectivity index (χ4n) is 6.71. The maximum atomic E-state index is 14.0. The molecule has 214 valence electrons. The van der Waals surface area contributed by atoms with Gasteiger partial charge in [0.2, 0.25) is 11.8 Å². The van der Waals surface area contributed by atoms with E-state index in [-0.39, 0.29) is 11.8 Å². The molecule has 1 aliphatic heterocycles. The van der Waals surface area contributed by atoms with E-state index < -0.39 is 60.0 Å². The van der Waals surface area contributed by atoms with Crippen molar-refractivity contribution in [3.63, 3.8) is 0 Å². The zero-order valence-electron chi connectivity index (χ0n) is 22.9. The van der Waals surface area contributed by atoms with Gasteiger partial charge in [0.25, 0.3) is 11.8 Å². The van der Waals surface area contributed by atoms with Crippen molar-refractivity contribution in [1.29, 1.82) is 0 Å². The first kappa shape index (κ1) is 27.8. The highest BCUT2D eigenvalue weighted by Gasteiger charge is 2.63. The quantitative estimate of drug-likeness (QED) is 0.244. The van der Waals surface area contributed by atoms with Crippen molar-refractivity contribution < 1.29 is 28.7 Å². The lowest BCUT2D eigenvalue weighted by atomic mass is 9.55. The summed E-state index contributed by atoms with van der Waals surface area (Å²) in [6.07, 6.45) is 0.